The van der Waals surface area contributed by atoms with E-state index in [-0.39, 0.29) is 0 Å². The Morgan fingerprint density at radius 3 is 2.77 bits per heavy atom. The van der Waals surface area contributed by atoms with E-state index < -0.39 is 11.1 Å². The molecular formula is C10H21NOS. The van der Waals surface area contributed by atoms with Crippen LogP contribution in [-0.4, -0.2) is 27.8 Å². The second-order valence-corrected chi connectivity index (χ2v) is 5.46. The van der Waals surface area contributed by atoms with Crippen molar-refractivity contribution in [3.8, 4) is 0 Å². The Balaban J connectivity index is 2.55. The maximum absolute atomic E-state index is 10.3. The second-order valence-electron chi connectivity index (χ2n) is 4.36. The van der Waals surface area contributed by atoms with Crippen LogP contribution >= 0.6 is 11.8 Å². The van der Waals surface area contributed by atoms with Gasteiger partial charge in [0.25, 0.3) is 0 Å². The van der Waals surface area contributed by atoms with Gasteiger partial charge in [0.2, 0.25) is 0 Å². The van der Waals surface area contributed by atoms with E-state index >= 15 is 0 Å². The van der Waals surface area contributed by atoms with E-state index in [1.54, 1.807) is 0 Å². The molecule has 0 amide bonds. The first-order valence-electron chi connectivity index (χ1n) is 5.11. The summed E-state index contributed by atoms with van der Waals surface area (Å²) in [6.07, 6.45) is 4.05. The van der Waals surface area contributed by atoms with E-state index in [1.807, 2.05) is 18.7 Å². The van der Waals surface area contributed by atoms with Gasteiger partial charge in [-0.15, -0.1) is 0 Å². The van der Waals surface area contributed by atoms with Crippen molar-refractivity contribution in [2.75, 3.05) is 11.5 Å². The highest BCUT2D eigenvalue weighted by atomic mass is 32.2. The highest BCUT2D eigenvalue weighted by molar-refractivity contribution is 7.99. The summed E-state index contributed by atoms with van der Waals surface area (Å²) >= 11 is 1.81. The lowest BCUT2D eigenvalue weighted by atomic mass is 9.78. The highest BCUT2D eigenvalue weighted by Gasteiger charge is 2.45. The van der Waals surface area contributed by atoms with Gasteiger partial charge in [-0.25, -0.2) is 0 Å². The predicted octanol–water partition coefficient (Wildman–Crippen LogP) is 1.76. The van der Waals surface area contributed by atoms with E-state index in [1.165, 1.54) is 0 Å². The van der Waals surface area contributed by atoms with Gasteiger partial charge in [0.15, 0.2) is 0 Å². The van der Waals surface area contributed by atoms with Gasteiger partial charge in [0.1, 0.15) is 0 Å². The molecule has 3 heteroatoms. The summed E-state index contributed by atoms with van der Waals surface area (Å²) in [5, 5.41) is 10.3. The standard InChI is InChI=1S/C10H21NOS/c1-3-4-5-9(2,11)10(12)6-7-13-8-10/h12H,3-8,11H2,1-2H3. The van der Waals surface area contributed by atoms with Crippen molar-refractivity contribution in [2.45, 2.75) is 50.7 Å². The molecule has 1 saturated heterocycles. The fourth-order valence-corrected chi connectivity index (χ4v) is 3.22. The topological polar surface area (TPSA) is 46.2 Å². The lowest BCUT2D eigenvalue weighted by Crippen LogP contribution is -2.58. The van der Waals surface area contributed by atoms with Gasteiger partial charge in [0.05, 0.1) is 5.60 Å². The molecule has 0 saturated carbocycles. The van der Waals surface area contributed by atoms with Crippen LogP contribution in [0.3, 0.4) is 0 Å². The lowest BCUT2D eigenvalue weighted by molar-refractivity contribution is -0.00906. The van der Waals surface area contributed by atoms with E-state index in [2.05, 4.69) is 6.92 Å². The third kappa shape index (κ3) is 2.39. The number of thioether (sulfide) groups is 1. The van der Waals surface area contributed by atoms with Gasteiger partial charge in [-0.1, -0.05) is 19.8 Å². The minimum atomic E-state index is -0.618. The van der Waals surface area contributed by atoms with Crippen molar-refractivity contribution in [3.05, 3.63) is 0 Å². The van der Waals surface area contributed by atoms with Crippen LogP contribution in [0.2, 0.25) is 0 Å². The Kier molecular flexibility index (Phi) is 3.66. The first kappa shape index (κ1) is 11.3. The van der Waals surface area contributed by atoms with Crippen LogP contribution < -0.4 is 5.73 Å². The minimum Gasteiger partial charge on any atom is -0.387 e. The average Bonchev–Trinajstić information content (AvgIpc) is 2.50. The number of hydrogen-bond acceptors (Lipinski definition) is 3. The van der Waals surface area contributed by atoms with Gasteiger partial charge < -0.3 is 10.8 Å². The zero-order valence-electron chi connectivity index (χ0n) is 8.68. The Bertz CT molecular complexity index is 164. The smallest absolute Gasteiger partial charge is 0.0921 e. The van der Waals surface area contributed by atoms with Crippen molar-refractivity contribution < 1.29 is 5.11 Å². The maximum atomic E-state index is 10.3. The van der Waals surface area contributed by atoms with Crippen LogP contribution in [0.15, 0.2) is 0 Å². The fraction of sp³-hybridized carbons (Fsp3) is 1.00. The molecule has 2 nitrogen and oxygen atoms in total. The molecule has 2 unspecified atom stereocenters. The van der Waals surface area contributed by atoms with Crippen molar-refractivity contribution in [1.29, 1.82) is 0 Å². The quantitative estimate of drug-likeness (QED) is 0.732. The summed E-state index contributed by atoms with van der Waals surface area (Å²) in [6, 6.07) is 0. The van der Waals surface area contributed by atoms with E-state index in [4.69, 9.17) is 5.73 Å². The van der Waals surface area contributed by atoms with Crippen molar-refractivity contribution in [2.24, 2.45) is 5.73 Å². The summed E-state index contributed by atoms with van der Waals surface area (Å²) in [4.78, 5) is 0. The summed E-state index contributed by atoms with van der Waals surface area (Å²) in [7, 11) is 0. The molecule has 78 valence electrons. The van der Waals surface area contributed by atoms with Gasteiger partial charge in [-0.05, 0) is 25.5 Å². The monoisotopic (exact) mass is 203 g/mol. The Morgan fingerprint density at radius 2 is 2.31 bits per heavy atom. The van der Waals surface area contributed by atoms with Crippen LogP contribution in [0.4, 0.5) is 0 Å². The van der Waals surface area contributed by atoms with Crippen molar-refractivity contribution in [3.63, 3.8) is 0 Å². The molecular weight excluding hydrogens is 182 g/mol. The third-order valence-corrected chi connectivity index (χ3v) is 4.29. The van der Waals surface area contributed by atoms with E-state index in [0.717, 1.165) is 37.2 Å². The Labute approximate surface area is 85.3 Å². The number of hydrogen-bond donors (Lipinski definition) is 2. The molecule has 2 atom stereocenters. The molecule has 0 aromatic carbocycles. The summed E-state index contributed by atoms with van der Waals surface area (Å²) in [5.74, 6) is 1.86. The Morgan fingerprint density at radius 1 is 1.62 bits per heavy atom. The van der Waals surface area contributed by atoms with Crippen molar-refractivity contribution in [1.82, 2.24) is 0 Å². The van der Waals surface area contributed by atoms with Crippen LogP contribution in [0.1, 0.15) is 39.5 Å². The summed E-state index contributed by atoms with van der Waals surface area (Å²) in [6.45, 7) is 4.15. The van der Waals surface area contributed by atoms with Gasteiger partial charge in [-0.3, -0.25) is 0 Å². The van der Waals surface area contributed by atoms with Crippen LogP contribution in [0, 0.1) is 0 Å². The van der Waals surface area contributed by atoms with E-state index in [9.17, 15) is 5.11 Å². The van der Waals surface area contributed by atoms with Crippen LogP contribution in [0.5, 0.6) is 0 Å². The molecule has 1 aliphatic heterocycles. The maximum Gasteiger partial charge on any atom is 0.0921 e. The third-order valence-electron chi connectivity index (χ3n) is 3.11. The SMILES string of the molecule is CCCCC(C)(N)C1(O)CCSC1. The number of unbranched alkanes of at least 4 members (excludes halogenated alkanes) is 1. The number of nitrogens with two attached hydrogens (primary N) is 1. The molecule has 13 heavy (non-hydrogen) atoms. The minimum absolute atomic E-state index is 0.396. The molecule has 1 aliphatic rings. The highest BCUT2D eigenvalue weighted by Crippen LogP contribution is 2.37. The lowest BCUT2D eigenvalue weighted by Gasteiger charge is -2.39. The average molecular weight is 203 g/mol. The number of aliphatic hydroxyl groups is 1. The zero-order valence-corrected chi connectivity index (χ0v) is 9.49. The molecule has 3 N–H and O–H groups in total. The molecule has 0 radical (unpaired) electrons. The predicted molar refractivity (Wildman–Crippen MR) is 59.0 cm³/mol. The molecule has 0 aromatic heterocycles. The van der Waals surface area contributed by atoms with Gasteiger partial charge in [-0.2, -0.15) is 11.8 Å². The summed E-state index contributed by atoms with van der Waals surface area (Å²) < 4.78 is 0. The fourth-order valence-electron chi connectivity index (χ4n) is 1.78. The molecule has 1 fully saturated rings. The van der Waals surface area contributed by atoms with Crippen LogP contribution in [0.25, 0.3) is 0 Å². The van der Waals surface area contributed by atoms with Gasteiger partial charge in [0, 0.05) is 11.3 Å². The Hall–Kier alpha value is 0.270. The van der Waals surface area contributed by atoms with Crippen molar-refractivity contribution >= 4 is 11.8 Å². The first-order chi connectivity index (χ1) is 6.02. The zero-order chi connectivity index (χ0) is 9.95. The molecule has 0 spiro atoms. The largest absolute Gasteiger partial charge is 0.387 e. The summed E-state index contributed by atoms with van der Waals surface area (Å²) in [5.41, 5.74) is 5.16. The van der Waals surface area contributed by atoms with Crippen LogP contribution in [-0.2, 0) is 0 Å². The van der Waals surface area contributed by atoms with Gasteiger partial charge >= 0.3 is 0 Å². The molecule has 1 heterocycles. The van der Waals surface area contributed by atoms with E-state index in [0.29, 0.717) is 0 Å². The molecule has 0 bridgehead atoms. The molecule has 0 aromatic rings. The number of rotatable bonds is 4. The molecule has 0 aliphatic carbocycles. The first-order valence-corrected chi connectivity index (χ1v) is 6.26. The molecule has 1 rings (SSSR count). The normalized spacial score (nSPS) is 33.2. The second kappa shape index (κ2) is 4.20.